The quantitative estimate of drug-likeness (QED) is 0.851. The van der Waals surface area contributed by atoms with Crippen LogP contribution >= 0.6 is 0 Å². The Labute approximate surface area is 166 Å². The van der Waals surface area contributed by atoms with Crippen molar-refractivity contribution in [2.45, 2.75) is 18.1 Å². The largest absolute Gasteiger partial charge is 0.494 e. The fourth-order valence-electron chi connectivity index (χ4n) is 4.30. The van der Waals surface area contributed by atoms with Crippen molar-refractivity contribution in [1.82, 2.24) is 19.8 Å². The molecule has 2 aliphatic rings. The number of hydrogen-bond donors (Lipinski definition) is 1. The Bertz CT molecular complexity index is 764. The predicted octanol–water partition coefficient (Wildman–Crippen LogP) is 1.20. The molecular formula is C21H29N5O2. The van der Waals surface area contributed by atoms with Crippen LogP contribution in [0.2, 0.25) is 0 Å². The average molecular weight is 383 g/mol. The Morgan fingerprint density at radius 2 is 1.71 bits per heavy atom. The molecule has 0 saturated carbocycles. The summed E-state index contributed by atoms with van der Waals surface area (Å²) < 4.78 is 5.18. The van der Waals surface area contributed by atoms with Gasteiger partial charge in [-0.05, 0) is 19.0 Å². The zero-order valence-electron chi connectivity index (χ0n) is 16.7. The summed E-state index contributed by atoms with van der Waals surface area (Å²) in [6.07, 6.45) is 4.04. The van der Waals surface area contributed by atoms with Crippen LogP contribution in [0.15, 0.2) is 42.7 Å². The molecule has 0 unspecified atom stereocenters. The molecule has 1 aromatic heterocycles. The van der Waals surface area contributed by atoms with E-state index in [1.54, 1.807) is 19.5 Å². The molecule has 0 amide bonds. The van der Waals surface area contributed by atoms with Crippen LogP contribution in [-0.2, 0) is 5.60 Å². The van der Waals surface area contributed by atoms with Gasteiger partial charge in [0, 0.05) is 39.3 Å². The van der Waals surface area contributed by atoms with Gasteiger partial charge in [0.2, 0.25) is 5.95 Å². The lowest BCUT2D eigenvalue weighted by Gasteiger charge is -2.51. The molecule has 0 radical (unpaired) electrons. The Morgan fingerprint density at radius 3 is 2.36 bits per heavy atom. The molecular weight excluding hydrogens is 354 g/mol. The first-order valence-electron chi connectivity index (χ1n) is 9.91. The van der Waals surface area contributed by atoms with Crippen molar-refractivity contribution in [1.29, 1.82) is 0 Å². The molecule has 150 valence electrons. The number of ether oxygens (including phenoxy) is 1. The van der Waals surface area contributed by atoms with Crippen molar-refractivity contribution < 1.29 is 9.84 Å². The van der Waals surface area contributed by atoms with Gasteiger partial charge in [0.25, 0.3) is 0 Å². The topological polar surface area (TPSA) is 65.0 Å². The Balaban J connectivity index is 1.61. The molecule has 0 spiro atoms. The highest BCUT2D eigenvalue weighted by Gasteiger charge is 2.46. The second-order valence-corrected chi connectivity index (χ2v) is 7.76. The van der Waals surface area contributed by atoms with Crippen LogP contribution in [0, 0.1) is 0 Å². The molecule has 2 fully saturated rings. The van der Waals surface area contributed by atoms with Crippen LogP contribution in [0.4, 0.5) is 5.95 Å². The fraction of sp³-hybridized carbons (Fsp3) is 0.524. The average Bonchev–Trinajstić information content (AvgIpc) is 2.75. The van der Waals surface area contributed by atoms with Gasteiger partial charge in [-0.2, -0.15) is 0 Å². The number of benzene rings is 1. The number of rotatable bonds is 4. The third kappa shape index (κ3) is 3.70. The van der Waals surface area contributed by atoms with E-state index in [1.165, 1.54) is 0 Å². The van der Waals surface area contributed by atoms with E-state index in [9.17, 15) is 5.11 Å². The summed E-state index contributed by atoms with van der Waals surface area (Å²) in [4.78, 5) is 15.9. The van der Waals surface area contributed by atoms with Gasteiger partial charge in [0.1, 0.15) is 5.60 Å². The van der Waals surface area contributed by atoms with Crippen LogP contribution in [0.25, 0.3) is 0 Å². The van der Waals surface area contributed by atoms with Gasteiger partial charge in [-0.1, -0.05) is 30.3 Å². The molecule has 2 aromatic rings. The Hall–Kier alpha value is -2.22. The van der Waals surface area contributed by atoms with Gasteiger partial charge in [0.05, 0.1) is 25.5 Å². The molecule has 0 aliphatic carbocycles. The zero-order chi connectivity index (χ0) is 19.6. The first-order valence-corrected chi connectivity index (χ1v) is 9.91. The van der Waals surface area contributed by atoms with Crippen molar-refractivity contribution in [3.05, 3.63) is 48.3 Å². The highest BCUT2D eigenvalue weighted by Crippen LogP contribution is 2.37. The van der Waals surface area contributed by atoms with E-state index in [4.69, 9.17) is 4.74 Å². The SMILES string of the molecule is COc1cnc(N2CC[C@](O)(c3ccccc3)[C@H](N3CCN(C)CC3)C2)nc1. The minimum Gasteiger partial charge on any atom is -0.494 e. The van der Waals surface area contributed by atoms with E-state index < -0.39 is 5.60 Å². The van der Waals surface area contributed by atoms with Crippen LogP contribution in [0.5, 0.6) is 5.75 Å². The van der Waals surface area contributed by atoms with Crippen molar-refractivity contribution in [2.24, 2.45) is 0 Å². The Morgan fingerprint density at radius 1 is 1.04 bits per heavy atom. The van der Waals surface area contributed by atoms with E-state index in [1.807, 2.05) is 30.3 Å². The summed E-state index contributed by atoms with van der Waals surface area (Å²) in [5.41, 5.74) is 0.120. The van der Waals surface area contributed by atoms with Crippen molar-refractivity contribution in [3.63, 3.8) is 0 Å². The third-order valence-electron chi connectivity index (χ3n) is 6.09. The molecule has 4 rings (SSSR count). The number of nitrogens with zero attached hydrogens (tertiary/aromatic N) is 5. The van der Waals surface area contributed by atoms with Crippen LogP contribution in [0.3, 0.4) is 0 Å². The number of methoxy groups -OCH3 is 1. The normalized spacial score (nSPS) is 27.0. The molecule has 0 bridgehead atoms. The van der Waals surface area contributed by atoms with Crippen LogP contribution in [0.1, 0.15) is 12.0 Å². The standard InChI is InChI=1S/C21H29N5O2/c1-24-10-12-25(13-11-24)19-16-26(20-22-14-18(28-2)15-23-20)9-8-21(19,27)17-6-4-3-5-7-17/h3-7,14-15,19,27H,8-13,16H2,1-2H3/t19-,21+/m1/s1. The van der Waals surface area contributed by atoms with Gasteiger partial charge in [-0.25, -0.2) is 9.97 Å². The molecule has 7 nitrogen and oxygen atoms in total. The molecule has 7 heteroatoms. The van der Waals surface area contributed by atoms with E-state index in [2.05, 4.69) is 31.7 Å². The second-order valence-electron chi connectivity index (χ2n) is 7.76. The highest BCUT2D eigenvalue weighted by atomic mass is 16.5. The lowest BCUT2D eigenvalue weighted by atomic mass is 9.79. The summed E-state index contributed by atoms with van der Waals surface area (Å²) in [6.45, 7) is 5.34. The van der Waals surface area contributed by atoms with E-state index >= 15 is 0 Å². The lowest BCUT2D eigenvalue weighted by Crippen LogP contribution is -2.64. The highest BCUT2D eigenvalue weighted by molar-refractivity contribution is 5.36. The number of hydrogen-bond acceptors (Lipinski definition) is 7. The summed E-state index contributed by atoms with van der Waals surface area (Å²) in [5, 5.41) is 11.8. The predicted molar refractivity (Wildman–Crippen MR) is 109 cm³/mol. The molecule has 2 saturated heterocycles. The zero-order valence-corrected chi connectivity index (χ0v) is 16.7. The Kier molecular flexibility index (Phi) is 5.48. The summed E-state index contributed by atoms with van der Waals surface area (Å²) in [7, 11) is 3.77. The monoisotopic (exact) mass is 383 g/mol. The van der Waals surface area contributed by atoms with Gasteiger partial charge in [0.15, 0.2) is 5.75 Å². The summed E-state index contributed by atoms with van der Waals surface area (Å²) >= 11 is 0. The molecule has 3 heterocycles. The number of anilines is 1. The number of piperazine rings is 1. The summed E-state index contributed by atoms with van der Waals surface area (Å²) in [6, 6.07) is 10.1. The van der Waals surface area contributed by atoms with Crippen molar-refractivity contribution in [3.8, 4) is 5.75 Å². The maximum Gasteiger partial charge on any atom is 0.225 e. The minimum atomic E-state index is -0.875. The maximum atomic E-state index is 11.8. The first kappa shape index (κ1) is 19.1. The molecule has 2 atom stereocenters. The smallest absolute Gasteiger partial charge is 0.225 e. The van der Waals surface area contributed by atoms with Gasteiger partial charge < -0.3 is 19.6 Å². The molecule has 2 aliphatic heterocycles. The summed E-state index contributed by atoms with van der Waals surface area (Å²) in [5.74, 6) is 1.34. The number of piperidine rings is 1. The van der Waals surface area contributed by atoms with Crippen LogP contribution in [-0.4, -0.2) is 84.3 Å². The third-order valence-corrected chi connectivity index (χ3v) is 6.09. The van der Waals surface area contributed by atoms with Gasteiger partial charge in [-0.15, -0.1) is 0 Å². The van der Waals surface area contributed by atoms with Gasteiger partial charge in [-0.3, -0.25) is 4.90 Å². The number of aliphatic hydroxyl groups is 1. The van der Waals surface area contributed by atoms with E-state index in [0.717, 1.165) is 31.7 Å². The van der Waals surface area contributed by atoms with E-state index in [-0.39, 0.29) is 6.04 Å². The number of aromatic nitrogens is 2. The maximum absolute atomic E-state index is 11.8. The molecule has 1 N–H and O–H groups in total. The second kappa shape index (κ2) is 8.03. The van der Waals surface area contributed by atoms with Gasteiger partial charge >= 0.3 is 0 Å². The fourth-order valence-corrected chi connectivity index (χ4v) is 4.30. The van der Waals surface area contributed by atoms with Crippen molar-refractivity contribution in [2.75, 3.05) is 58.3 Å². The minimum absolute atomic E-state index is 0.0111. The molecule has 1 aromatic carbocycles. The number of likely N-dealkylation sites (N-methyl/N-ethyl adjacent to an activating group) is 1. The lowest BCUT2D eigenvalue weighted by molar-refractivity contribution is -0.0758. The first-order chi connectivity index (χ1) is 13.6. The molecule has 28 heavy (non-hydrogen) atoms. The van der Waals surface area contributed by atoms with Crippen LogP contribution < -0.4 is 9.64 Å². The van der Waals surface area contributed by atoms with E-state index in [0.29, 0.717) is 31.2 Å². The van der Waals surface area contributed by atoms with Crippen molar-refractivity contribution >= 4 is 5.95 Å².